The molecule has 0 radical (unpaired) electrons. The predicted molar refractivity (Wildman–Crippen MR) is 86.0 cm³/mol. The molecule has 1 fully saturated rings. The van der Waals surface area contributed by atoms with Gasteiger partial charge in [0, 0.05) is 18.7 Å². The van der Waals surface area contributed by atoms with Crippen LogP contribution in [0.2, 0.25) is 0 Å². The van der Waals surface area contributed by atoms with Gasteiger partial charge in [0.1, 0.15) is 5.92 Å². The van der Waals surface area contributed by atoms with Crippen molar-refractivity contribution in [3.05, 3.63) is 71.8 Å². The molecule has 1 heterocycles. The Morgan fingerprint density at radius 2 is 1.57 bits per heavy atom. The number of hydrogen-bond donors (Lipinski definition) is 0. The van der Waals surface area contributed by atoms with Gasteiger partial charge in [-0.15, -0.1) is 0 Å². The van der Waals surface area contributed by atoms with E-state index in [-0.39, 0.29) is 12.3 Å². The zero-order chi connectivity index (χ0) is 16.2. The first-order valence-corrected chi connectivity index (χ1v) is 7.63. The molecule has 1 saturated heterocycles. The second-order valence-electron chi connectivity index (χ2n) is 5.63. The van der Waals surface area contributed by atoms with Crippen LogP contribution in [0, 0.1) is 5.92 Å². The standard InChI is InChI=1S/C19H17NO3/c21-17(15-9-5-2-6-10-15)16-13-20(19(23)18(16)22)12-11-14-7-3-1-4-8-14/h1-10,16H,11-13H2. The van der Waals surface area contributed by atoms with Gasteiger partial charge >= 0.3 is 0 Å². The van der Waals surface area contributed by atoms with Crippen molar-refractivity contribution in [2.75, 3.05) is 13.1 Å². The van der Waals surface area contributed by atoms with E-state index in [9.17, 15) is 14.4 Å². The summed E-state index contributed by atoms with van der Waals surface area (Å²) < 4.78 is 0. The van der Waals surface area contributed by atoms with Crippen molar-refractivity contribution in [1.29, 1.82) is 0 Å². The summed E-state index contributed by atoms with van der Waals surface area (Å²) in [4.78, 5) is 38.1. The lowest BCUT2D eigenvalue weighted by atomic mass is 9.96. The minimum absolute atomic E-state index is 0.179. The monoisotopic (exact) mass is 307 g/mol. The van der Waals surface area contributed by atoms with Gasteiger partial charge in [0.15, 0.2) is 5.78 Å². The van der Waals surface area contributed by atoms with Crippen molar-refractivity contribution in [1.82, 2.24) is 4.90 Å². The molecule has 4 heteroatoms. The molecule has 4 nitrogen and oxygen atoms in total. The van der Waals surface area contributed by atoms with Gasteiger partial charge in [-0.25, -0.2) is 0 Å². The molecule has 2 aromatic carbocycles. The number of nitrogens with zero attached hydrogens (tertiary/aromatic N) is 1. The minimum atomic E-state index is -0.874. The molecule has 0 aromatic heterocycles. The van der Waals surface area contributed by atoms with Crippen LogP contribution in [0.15, 0.2) is 60.7 Å². The van der Waals surface area contributed by atoms with E-state index in [2.05, 4.69) is 0 Å². The fourth-order valence-corrected chi connectivity index (χ4v) is 2.80. The quantitative estimate of drug-likeness (QED) is 0.483. The maximum Gasteiger partial charge on any atom is 0.290 e. The summed E-state index contributed by atoms with van der Waals surface area (Å²) in [6.07, 6.45) is 0.673. The fourth-order valence-electron chi connectivity index (χ4n) is 2.80. The molecule has 1 aliphatic heterocycles. The molecule has 116 valence electrons. The zero-order valence-electron chi connectivity index (χ0n) is 12.6. The first kappa shape index (κ1) is 15.2. The van der Waals surface area contributed by atoms with Crippen molar-refractivity contribution < 1.29 is 14.4 Å². The number of amides is 1. The third-order valence-electron chi connectivity index (χ3n) is 4.11. The van der Waals surface area contributed by atoms with Crippen LogP contribution in [0.3, 0.4) is 0 Å². The van der Waals surface area contributed by atoms with Gasteiger partial charge in [-0.3, -0.25) is 14.4 Å². The second kappa shape index (κ2) is 6.57. The Morgan fingerprint density at radius 3 is 2.22 bits per heavy atom. The van der Waals surface area contributed by atoms with Crippen molar-refractivity contribution >= 4 is 17.5 Å². The van der Waals surface area contributed by atoms with E-state index in [4.69, 9.17) is 0 Å². The molecule has 1 atom stereocenters. The van der Waals surface area contributed by atoms with Crippen LogP contribution in [0.1, 0.15) is 15.9 Å². The third kappa shape index (κ3) is 3.21. The molecular formula is C19H17NO3. The topological polar surface area (TPSA) is 54.5 Å². The highest BCUT2D eigenvalue weighted by Gasteiger charge is 2.42. The highest BCUT2D eigenvalue weighted by Crippen LogP contribution is 2.19. The van der Waals surface area contributed by atoms with Crippen LogP contribution in [-0.2, 0) is 16.0 Å². The summed E-state index contributed by atoms with van der Waals surface area (Å²) in [7, 11) is 0. The van der Waals surface area contributed by atoms with E-state index in [1.165, 1.54) is 4.90 Å². The largest absolute Gasteiger partial charge is 0.335 e. The number of hydrogen-bond acceptors (Lipinski definition) is 3. The van der Waals surface area contributed by atoms with Crippen molar-refractivity contribution in [2.24, 2.45) is 5.92 Å². The van der Waals surface area contributed by atoms with E-state index in [1.54, 1.807) is 24.3 Å². The van der Waals surface area contributed by atoms with Crippen LogP contribution < -0.4 is 0 Å². The lowest BCUT2D eigenvalue weighted by Crippen LogP contribution is -2.29. The van der Waals surface area contributed by atoms with Crippen LogP contribution in [0.4, 0.5) is 0 Å². The molecule has 0 saturated carbocycles. The van der Waals surface area contributed by atoms with E-state index < -0.39 is 17.6 Å². The first-order valence-electron chi connectivity index (χ1n) is 7.63. The van der Waals surface area contributed by atoms with Crippen molar-refractivity contribution in [3.8, 4) is 0 Å². The SMILES string of the molecule is O=C1C(=O)N(CCc2ccccc2)CC1C(=O)c1ccccc1. The van der Waals surface area contributed by atoms with Crippen molar-refractivity contribution in [2.45, 2.75) is 6.42 Å². The summed E-state index contributed by atoms with van der Waals surface area (Å²) in [6.45, 7) is 0.630. The smallest absolute Gasteiger partial charge is 0.290 e. The number of Topliss-reactive ketones (excluding diaryl/α,β-unsaturated/α-hetero) is 2. The molecule has 0 aliphatic carbocycles. The van der Waals surface area contributed by atoms with Gasteiger partial charge < -0.3 is 4.90 Å². The van der Waals surface area contributed by atoms with Crippen molar-refractivity contribution in [3.63, 3.8) is 0 Å². The van der Waals surface area contributed by atoms with Crippen LogP contribution in [0.25, 0.3) is 0 Å². The normalized spacial score (nSPS) is 17.6. The number of carbonyl (C=O) groups excluding carboxylic acids is 3. The van der Waals surface area contributed by atoms with Gasteiger partial charge in [-0.2, -0.15) is 0 Å². The van der Waals surface area contributed by atoms with E-state index in [0.717, 1.165) is 5.56 Å². The Bertz CT molecular complexity index is 725. The number of benzene rings is 2. The number of ketones is 2. The van der Waals surface area contributed by atoms with Crippen LogP contribution in [-0.4, -0.2) is 35.5 Å². The van der Waals surface area contributed by atoms with Gasteiger partial charge in [-0.1, -0.05) is 60.7 Å². The number of carbonyl (C=O) groups is 3. The highest BCUT2D eigenvalue weighted by molar-refractivity contribution is 6.43. The highest BCUT2D eigenvalue weighted by atomic mass is 16.2. The van der Waals surface area contributed by atoms with Crippen LogP contribution in [0.5, 0.6) is 0 Å². The third-order valence-corrected chi connectivity index (χ3v) is 4.11. The summed E-state index contributed by atoms with van der Waals surface area (Å²) >= 11 is 0. The van der Waals surface area contributed by atoms with Crippen LogP contribution >= 0.6 is 0 Å². The molecule has 1 unspecified atom stereocenters. The zero-order valence-corrected chi connectivity index (χ0v) is 12.6. The number of rotatable bonds is 5. The molecule has 23 heavy (non-hydrogen) atoms. The maximum absolute atomic E-state index is 12.4. The molecule has 1 aliphatic rings. The Labute approximate surface area is 134 Å². The van der Waals surface area contributed by atoms with Gasteiger partial charge in [0.2, 0.25) is 5.78 Å². The molecular weight excluding hydrogens is 290 g/mol. The van der Waals surface area contributed by atoms with Gasteiger partial charge in [-0.05, 0) is 12.0 Å². The average molecular weight is 307 g/mol. The summed E-state index contributed by atoms with van der Waals surface area (Å²) in [5, 5.41) is 0. The lowest BCUT2D eigenvalue weighted by molar-refractivity contribution is -0.140. The summed E-state index contributed by atoms with van der Waals surface area (Å²) in [5.74, 6) is -2.28. The average Bonchev–Trinajstić information content (AvgIpc) is 2.89. The molecule has 2 aromatic rings. The molecule has 1 amide bonds. The molecule has 0 bridgehead atoms. The molecule has 0 N–H and O–H groups in total. The first-order chi connectivity index (χ1) is 11.2. The second-order valence-corrected chi connectivity index (χ2v) is 5.63. The fraction of sp³-hybridized carbons (Fsp3) is 0.211. The Balaban J connectivity index is 1.68. The Kier molecular flexibility index (Phi) is 4.33. The van der Waals surface area contributed by atoms with E-state index >= 15 is 0 Å². The van der Waals surface area contributed by atoms with Gasteiger partial charge in [0.25, 0.3) is 5.91 Å². The minimum Gasteiger partial charge on any atom is -0.335 e. The summed E-state index contributed by atoms with van der Waals surface area (Å²) in [6, 6.07) is 18.4. The van der Waals surface area contributed by atoms with E-state index in [1.807, 2.05) is 36.4 Å². The number of likely N-dealkylation sites (tertiary alicyclic amines) is 1. The molecule has 3 rings (SSSR count). The summed E-state index contributed by atoms with van der Waals surface area (Å²) in [5.41, 5.74) is 1.58. The Morgan fingerprint density at radius 1 is 0.957 bits per heavy atom. The van der Waals surface area contributed by atoms with E-state index in [0.29, 0.717) is 18.5 Å². The maximum atomic E-state index is 12.4. The van der Waals surface area contributed by atoms with Gasteiger partial charge in [0.05, 0.1) is 0 Å². The molecule has 0 spiro atoms. The predicted octanol–water partition coefficient (Wildman–Crippen LogP) is 2.14. The lowest BCUT2D eigenvalue weighted by Gasteiger charge is -2.15. The Hall–Kier alpha value is -2.75.